The maximum Gasteiger partial charge on any atom is 0.317 e. The van der Waals surface area contributed by atoms with Crippen molar-refractivity contribution in [2.24, 2.45) is 23.1 Å². The summed E-state index contributed by atoms with van der Waals surface area (Å²) < 4.78 is 0. The molecular formula is C78H117N23O21ReS3-2. The predicted octanol–water partition coefficient (Wildman–Crippen LogP) is -5.70. The van der Waals surface area contributed by atoms with E-state index >= 15 is 19.2 Å². The summed E-state index contributed by atoms with van der Waals surface area (Å²) in [7, 11) is 0. The Bertz CT molecular complexity index is 4260. The van der Waals surface area contributed by atoms with E-state index in [9.17, 15) is 78.0 Å². The summed E-state index contributed by atoms with van der Waals surface area (Å²) in [5, 5.41) is 76.2. The van der Waals surface area contributed by atoms with Crippen molar-refractivity contribution in [2.45, 2.75) is 157 Å². The number of nitrogens with zero attached hydrogens (tertiary/aromatic N) is 6. The number of aromatic amines is 2. The molecule has 12 amide bonds. The first-order valence-electron chi connectivity index (χ1n) is 40.7. The molecule has 2 fully saturated rings. The van der Waals surface area contributed by atoms with Crippen LogP contribution in [-0.2, 0) is 122 Å². The third kappa shape index (κ3) is 36.8. The quantitative estimate of drug-likeness (QED) is 0.00848. The largest absolute Gasteiger partial charge is 2.00 e. The number of hydrogen-bond acceptors (Lipinski definition) is 26. The molecule has 697 valence electrons. The number of primary amides is 1. The standard InChI is InChI=1S/C78H117N23O20S3.O.Re/c1-45(2)66(67(80)111)96-76(120)60-18-11-23-101(60)77(121)53(16-8-9-21-79)90-75(119)59(43-124)94-71(115)55(33-47-35-85-50-15-7-6-14-49(47)50)92-68(112)51(17-10-22-84-78(81)82)88-70(114)54(32-46-12-4-3-5-13-46)91-72(116)56(34-48-36-83-44-86-48)93-69(113)52(19-20-62(103)104)89-74(118)58(42-123)95-73(117)57(41-122)87-61(102)37-97-24-26-98(38-63(105)106)28-30-100(40-65(109)110)31-29-99(27-25-97)39-64(107)108;;/h3-7,12-15,35-36,44-45,51-60,66,85,122-124H,8-11,16-34,37-43,79H2,1-2H3,(H2,80,111)(H,83,86)(H,87,102)(H,88,114)(H,89,118)(H,90,119)(H,91,116)(H,92,112)(H,93,113)(H,94,115)(H,95,117)(H,96,120)(H,103,104)(H,105,106)(H,107,108)(H,109,110)(H4,81,82,84);;/q;-2;/t51-,52-,53-,54+,55-,56-,57-,58-,59-,60-,66-;;/m0../s1. The molecule has 2 aliphatic heterocycles. The van der Waals surface area contributed by atoms with Crippen LogP contribution >= 0.6 is 37.9 Å². The Morgan fingerprint density at radius 3 is 1.41 bits per heavy atom. The van der Waals surface area contributed by atoms with Crippen molar-refractivity contribution in [3.05, 3.63) is 90.1 Å². The molecule has 6 rings (SSSR count). The monoisotopic (exact) mass is 1990 g/mol. The van der Waals surface area contributed by atoms with Gasteiger partial charge >= 0.3 is 23.9 Å². The third-order valence-electron chi connectivity index (χ3n) is 20.7. The van der Waals surface area contributed by atoms with Crippen LogP contribution in [0.2, 0.25) is 0 Å². The van der Waals surface area contributed by atoms with Crippen molar-refractivity contribution in [1.82, 2.24) is 97.9 Å². The minimum Gasteiger partial charge on any atom is -2.00 e. The number of carboxylic acids is 4. The molecule has 0 unspecified atom stereocenters. The molecule has 126 heavy (non-hydrogen) atoms. The van der Waals surface area contributed by atoms with Gasteiger partial charge in [-0.1, -0.05) is 62.4 Å². The van der Waals surface area contributed by atoms with Crippen molar-refractivity contribution >= 4 is 150 Å². The van der Waals surface area contributed by atoms with E-state index in [1.54, 1.807) is 94.2 Å². The van der Waals surface area contributed by atoms with Crippen molar-refractivity contribution in [3.63, 3.8) is 0 Å². The van der Waals surface area contributed by atoms with Gasteiger partial charge in [0.25, 0.3) is 0 Å². The van der Waals surface area contributed by atoms with Crippen LogP contribution in [-0.4, -0.2) is 342 Å². The fourth-order valence-electron chi connectivity index (χ4n) is 14.0. The Morgan fingerprint density at radius 2 is 0.944 bits per heavy atom. The van der Waals surface area contributed by atoms with Gasteiger partial charge in [-0.25, -0.2) is 4.98 Å². The van der Waals surface area contributed by atoms with Crippen LogP contribution in [0.4, 0.5) is 0 Å². The number of rotatable bonds is 50. The number of H-pyrrole nitrogens is 2. The first kappa shape index (κ1) is 108. The van der Waals surface area contributed by atoms with Crippen LogP contribution in [0.1, 0.15) is 88.5 Å². The van der Waals surface area contributed by atoms with Crippen LogP contribution in [0.3, 0.4) is 0 Å². The van der Waals surface area contributed by atoms with Gasteiger partial charge in [-0.3, -0.25) is 102 Å². The Morgan fingerprint density at radius 1 is 0.508 bits per heavy atom. The van der Waals surface area contributed by atoms with Gasteiger partial charge in [-0.15, -0.1) is 0 Å². The zero-order valence-corrected chi connectivity index (χ0v) is 75.3. The van der Waals surface area contributed by atoms with E-state index in [4.69, 9.17) is 22.6 Å². The predicted molar refractivity (Wildman–Crippen MR) is 462 cm³/mol. The molecule has 24 N–H and O–H groups in total. The second kappa shape index (κ2) is 55.8. The summed E-state index contributed by atoms with van der Waals surface area (Å²) >= 11 is 13.0. The van der Waals surface area contributed by atoms with Crippen LogP contribution in [0.25, 0.3) is 10.9 Å². The molecule has 11 atom stereocenters. The Labute approximate surface area is 757 Å². The van der Waals surface area contributed by atoms with Gasteiger partial charge in [-0.05, 0) is 81.0 Å². The summed E-state index contributed by atoms with van der Waals surface area (Å²) in [5.74, 6) is -17.6. The number of benzene rings is 2. The summed E-state index contributed by atoms with van der Waals surface area (Å²) in [6, 6.07) is -0.723. The fourth-order valence-corrected chi connectivity index (χ4v) is 14.8. The molecule has 2 saturated heterocycles. The number of nitrogens with two attached hydrogens (primary N) is 3. The number of carbonyl (C=O) groups excluding carboxylic acids is 12. The van der Waals surface area contributed by atoms with Crippen molar-refractivity contribution in [1.29, 1.82) is 5.41 Å². The summed E-state index contributed by atoms with van der Waals surface area (Å²) in [6.45, 7) is 2.82. The number of carboxylic acid groups (broad SMARTS) is 4. The third-order valence-corrected chi connectivity index (χ3v) is 21.8. The molecule has 48 heteroatoms. The number of aromatic nitrogens is 3. The number of hydrogen-bond donors (Lipinski definition) is 24. The first-order valence-corrected chi connectivity index (χ1v) is 42.6. The Kier molecular flexibility index (Phi) is 47.8. The number of amides is 12. The number of imidazole rings is 1. The number of likely N-dealkylation sites (tertiary alicyclic amines) is 1. The van der Waals surface area contributed by atoms with E-state index in [1.165, 1.54) is 17.4 Å². The first-order chi connectivity index (χ1) is 59.1. The fraction of sp³-hybridized carbons (Fsp3) is 0.564. The summed E-state index contributed by atoms with van der Waals surface area (Å²) in [5.41, 5.74) is 19.0. The zero-order chi connectivity index (χ0) is 91.1. The number of thiol groups is 3. The van der Waals surface area contributed by atoms with Crippen molar-refractivity contribution in [3.8, 4) is 0 Å². The van der Waals surface area contributed by atoms with Crippen LogP contribution < -0.4 is 75.7 Å². The minimum absolute atomic E-state index is 0. The van der Waals surface area contributed by atoms with Gasteiger partial charge < -0.3 is 116 Å². The maximum atomic E-state index is 15.2. The second-order valence-corrected chi connectivity index (χ2v) is 31.6. The number of fused-ring (bicyclic) bond motifs is 1. The van der Waals surface area contributed by atoms with E-state index in [0.717, 1.165) is 0 Å². The summed E-state index contributed by atoms with van der Waals surface area (Å²) in [4.78, 5) is 238. The number of guanidine groups is 1. The van der Waals surface area contributed by atoms with Crippen molar-refractivity contribution < 1.29 is 123 Å². The molecule has 44 nitrogen and oxygen atoms in total. The SMILES string of the molecule is CC(C)[C@H](NC(=O)[C@@H]1CCCN1C(=O)[C@H](CCCCN)NC(=O)[C@H](CS)NC(=O)[C@H](Cc1c[nH]c2ccccc12)NC(=O)[C@H](CCCNC(=N)N)NC(=O)[C@@H](Cc1ccccc1)NC(=O)[C@H](Cc1cnc[nH]1)NC(=O)[C@H](CCC(=O)O)NC(=O)[C@H](CS)NC(=O)[C@H](CS)NC(=O)CN1CCN(CC(=O)O)CCN(CC(=O)O)CCN(CC(=O)O)CC1)C(N)=O.[O-2].[Re]. The molecule has 0 spiro atoms. The molecular weight excluding hydrogens is 1880 g/mol. The average Bonchev–Trinajstić information content (AvgIpc) is 1.63. The Hall–Kier alpha value is -10.5. The Balaban J connectivity index is 0.0000166. The van der Waals surface area contributed by atoms with Gasteiger partial charge in [-0.2, -0.15) is 37.9 Å². The van der Waals surface area contributed by atoms with Gasteiger partial charge in [0.15, 0.2) is 5.96 Å². The van der Waals surface area contributed by atoms with Gasteiger partial charge in [0.1, 0.15) is 66.5 Å². The second-order valence-electron chi connectivity index (χ2n) is 30.5. The van der Waals surface area contributed by atoms with E-state index in [-0.39, 0.29) is 166 Å². The molecule has 1 radical (unpaired) electrons. The van der Waals surface area contributed by atoms with E-state index in [1.807, 2.05) is 0 Å². The van der Waals surface area contributed by atoms with E-state index in [2.05, 4.69) is 111 Å². The molecule has 0 aliphatic carbocycles. The number of unbranched alkanes of at least 4 members (excludes halogenated alkanes) is 1. The summed E-state index contributed by atoms with van der Waals surface area (Å²) in [6.07, 6.45) is 3.29. The molecule has 4 aromatic rings. The number of carbonyl (C=O) groups is 16. The number of aliphatic carboxylic acids is 4. The zero-order valence-electron chi connectivity index (χ0n) is 69.9. The van der Waals surface area contributed by atoms with Gasteiger partial charge in [0.05, 0.1) is 32.5 Å². The smallest absolute Gasteiger partial charge is 0.317 e. The number of nitrogens with one attached hydrogen (secondary N) is 14. The molecule has 4 heterocycles. The maximum absolute atomic E-state index is 15.2. The number of para-hydroxylation sites is 1. The topological polar surface area (TPSA) is 677 Å². The normalized spacial score (nSPS) is 16.6. The van der Waals surface area contributed by atoms with Gasteiger partial charge in [0, 0.05) is 158 Å². The average molecular weight is 2000 g/mol. The van der Waals surface area contributed by atoms with E-state index < -0.39 is 212 Å². The van der Waals surface area contributed by atoms with Crippen LogP contribution in [0, 0.1) is 11.3 Å². The van der Waals surface area contributed by atoms with E-state index in [0.29, 0.717) is 41.3 Å². The van der Waals surface area contributed by atoms with Gasteiger partial charge in [0.2, 0.25) is 70.9 Å². The minimum atomic E-state index is -1.78. The molecule has 2 aliphatic rings. The van der Waals surface area contributed by atoms with Crippen molar-refractivity contribution in [2.75, 3.05) is 115 Å². The van der Waals surface area contributed by atoms with Crippen LogP contribution in [0.15, 0.2) is 73.3 Å². The molecule has 2 aromatic carbocycles. The molecule has 0 bridgehead atoms. The van der Waals surface area contributed by atoms with Crippen LogP contribution in [0.5, 0.6) is 0 Å². The molecule has 0 saturated carbocycles. The molecule has 2 aromatic heterocycles.